The summed E-state index contributed by atoms with van der Waals surface area (Å²) in [6.07, 6.45) is 0. The molecule has 0 saturated carbocycles. The van der Waals surface area contributed by atoms with Gasteiger partial charge >= 0.3 is 5.97 Å². The number of nitrogens with one attached hydrogen (secondary N) is 1. The Labute approximate surface area is 120 Å². The first-order valence-electron chi connectivity index (χ1n) is 5.87. The van der Waals surface area contributed by atoms with E-state index < -0.39 is 23.8 Å². The first kappa shape index (κ1) is 16.0. The number of carboxylic acid groups (broad SMARTS) is 1. The number of nitrogens with two attached hydrogens (primary N) is 1. The van der Waals surface area contributed by atoms with E-state index >= 15 is 0 Å². The minimum Gasteiger partial charge on any atom is -0.480 e. The van der Waals surface area contributed by atoms with E-state index in [2.05, 4.69) is 5.32 Å². The molecule has 0 aliphatic rings. The number of carboxylic acids is 1. The fourth-order valence-corrected chi connectivity index (χ4v) is 2.64. The Morgan fingerprint density at radius 3 is 2.55 bits per heavy atom. The van der Waals surface area contributed by atoms with E-state index in [1.54, 1.807) is 24.3 Å². The van der Waals surface area contributed by atoms with Crippen molar-refractivity contribution in [3.05, 3.63) is 35.4 Å². The topological polar surface area (TPSA) is 109 Å². The molecule has 1 aromatic carbocycles. The molecule has 1 unspecified atom stereocenters. The molecule has 0 bridgehead atoms. The number of benzene rings is 1. The molecule has 0 radical (unpaired) electrons. The second-order valence-electron chi connectivity index (χ2n) is 4.13. The molecule has 2 amide bonds. The average Bonchev–Trinajstić information content (AvgIpc) is 2.37. The van der Waals surface area contributed by atoms with Gasteiger partial charge in [0.1, 0.15) is 6.04 Å². The van der Waals surface area contributed by atoms with Gasteiger partial charge in [0.25, 0.3) is 0 Å². The first-order valence-corrected chi connectivity index (χ1v) is 7.02. The largest absolute Gasteiger partial charge is 0.480 e. The highest BCUT2D eigenvalue weighted by Gasteiger charge is 2.18. The van der Waals surface area contributed by atoms with Crippen LogP contribution in [0.4, 0.5) is 0 Å². The Bertz CT molecular complexity index is 519. The van der Waals surface area contributed by atoms with Crippen molar-refractivity contribution in [2.75, 3.05) is 5.75 Å². The third-order valence-corrected chi connectivity index (χ3v) is 3.58. The zero-order chi connectivity index (χ0) is 15.1. The van der Waals surface area contributed by atoms with Crippen molar-refractivity contribution in [3.63, 3.8) is 0 Å². The number of thioether (sulfide) groups is 1. The van der Waals surface area contributed by atoms with Crippen molar-refractivity contribution in [2.24, 2.45) is 5.73 Å². The second-order valence-corrected chi connectivity index (χ2v) is 5.16. The van der Waals surface area contributed by atoms with E-state index in [0.29, 0.717) is 11.3 Å². The van der Waals surface area contributed by atoms with Gasteiger partial charge in [-0.05, 0) is 11.6 Å². The Balaban J connectivity index is 2.61. The molecule has 6 nitrogen and oxygen atoms in total. The van der Waals surface area contributed by atoms with Crippen LogP contribution in [0.15, 0.2) is 24.3 Å². The molecule has 4 N–H and O–H groups in total. The molecule has 0 heterocycles. The summed E-state index contributed by atoms with van der Waals surface area (Å²) in [5, 5.41) is 11.3. The van der Waals surface area contributed by atoms with Crippen molar-refractivity contribution in [3.8, 4) is 0 Å². The highest BCUT2D eigenvalue weighted by Crippen LogP contribution is 2.17. The van der Waals surface area contributed by atoms with E-state index in [0.717, 1.165) is 5.56 Å². The summed E-state index contributed by atoms with van der Waals surface area (Å²) in [5.74, 6) is -1.34. The Kier molecular flexibility index (Phi) is 6.05. The van der Waals surface area contributed by atoms with Crippen LogP contribution in [0.25, 0.3) is 0 Å². The summed E-state index contributed by atoms with van der Waals surface area (Å²) in [4.78, 5) is 33.1. The summed E-state index contributed by atoms with van der Waals surface area (Å²) in [6.45, 7) is 1.27. The number of carbonyl (C=O) groups is 3. The number of primary amides is 1. The summed E-state index contributed by atoms with van der Waals surface area (Å²) in [7, 11) is 0. The fourth-order valence-electron chi connectivity index (χ4n) is 1.59. The molecule has 1 rings (SSSR count). The number of hydrogen-bond donors (Lipinski definition) is 3. The van der Waals surface area contributed by atoms with Gasteiger partial charge in [-0.3, -0.25) is 9.59 Å². The lowest BCUT2D eigenvalue weighted by Crippen LogP contribution is -2.41. The number of aliphatic carboxylic acids is 1. The molecule has 0 aromatic heterocycles. The van der Waals surface area contributed by atoms with Crippen LogP contribution in [0.5, 0.6) is 0 Å². The monoisotopic (exact) mass is 296 g/mol. The minimum absolute atomic E-state index is 0.210. The van der Waals surface area contributed by atoms with Gasteiger partial charge in [0.15, 0.2) is 0 Å². The van der Waals surface area contributed by atoms with Crippen LogP contribution >= 0.6 is 11.8 Å². The summed E-state index contributed by atoms with van der Waals surface area (Å²) >= 11 is 1.31. The van der Waals surface area contributed by atoms with Gasteiger partial charge < -0.3 is 16.2 Å². The van der Waals surface area contributed by atoms with E-state index in [9.17, 15) is 14.4 Å². The predicted octanol–water partition coefficient (Wildman–Crippen LogP) is 0.608. The Morgan fingerprint density at radius 1 is 1.35 bits per heavy atom. The number of rotatable bonds is 7. The molecule has 0 aliphatic carbocycles. The van der Waals surface area contributed by atoms with Crippen molar-refractivity contribution < 1.29 is 19.5 Å². The van der Waals surface area contributed by atoms with Crippen LogP contribution in [0, 0.1) is 0 Å². The van der Waals surface area contributed by atoms with Gasteiger partial charge in [0, 0.05) is 24.0 Å². The van der Waals surface area contributed by atoms with Crippen LogP contribution in [-0.2, 0) is 15.3 Å². The Morgan fingerprint density at radius 2 is 2.00 bits per heavy atom. The van der Waals surface area contributed by atoms with Crippen LogP contribution in [0.3, 0.4) is 0 Å². The van der Waals surface area contributed by atoms with Crippen molar-refractivity contribution in [2.45, 2.75) is 18.7 Å². The molecule has 0 fully saturated rings. The van der Waals surface area contributed by atoms with Crippen molar-refractivity contribution >= 4 is 29.5 Å². The van der Waals surface area contributed by atoms with Gasteiger partial charge in [0.2, 0.25) is 11.8 Å². The lowest BCUT2D eigenvalue weighted by molar-refractivity contribution is -0.140. The molecular weight excluding hydrogens is 280 g/mol. The summed E-state index contributed by atoms with van der Waals surface area (Å²) in [5.41, 5.74) is 6.43. The molecule has 20 heavy (non-hydrogen) atoms. The maximum Gasteiger partial charge on any atom is 0.327 e. The van der Waals surface area contributed by atoms with Crippen molar-refractivity contribution in [1.82, 2.24) is 5.32 Å². The van der Waals surface area contributed by atoms with Crippen LogP contribution in [-0.4, -0.2) is 34.7 Å². The molecule has 7 heteroatoms. The maximum absolute atomic E-state index is 11.2. The molecule has 0 aliphatic heterocycles. The molecule has 1 aromatic rings. The van der Waals surface area contributed by atoms with Crippen molar-refractivity contribution in [1.29, 1.82) is 0 Å². The van der Waals surface area contributed by atoms with Crippen LogP contribution in [0.1, 0.15) is 22.8 Å². The minimum atomic E-state index is -1.09. The molecule has 0 saturated heterocycles. The van der Waals surface area contributed by atoms with Crippen LogP contribution in [0.2, 0.25) is 0 Å². The number of amides is 2. The van der Waals surface area contributed by atoms with Gasteiger partial charge in [-0.1, -0.05) is 18.2 Å². The lowest BCUT2D eigenvalue weighted by atomic mass is 10.1. The number of carbonyl (C=O) groups excluding carboxylic acids is 2. The predicted molar refractivity (Wildman–Crippen MR) is 76.4 cm³/mol. The fraction of sp³-hybridized carbons (Fsp3) is 0.308. The smallest absolute Gasteiger partial charge is 0.327 e. The number of hydrogen-bond acceptors (Lipinski definition) is 4. The normalized spacial score (nSPS) is 11.7. The first-order chi connectivity index (χ1) is 9.41. The third kappa shape index (κ3) is 4.93. The SMILES string of the molecule is CC(=O)NC(CSCc1ccccc1C(N)=O)C(=O)O. The molecular formula is C13H16N2O4S. The third-order valence-electron chi connectivity index (χ3n) is 2.50. The van der Waals surface area contributed by atoms with E-state index in [4.69, 9.17) is 10.8 Å². The van der Waals surface area contributed by atoms with E-state index in [1.807, 2.05) is 0 Å². The van der Waals surface area contributed by atoms with E-state index in [1.165, 1.54) is 18.7 Å². The zero-order valence-electron chi connectivity index (χ0n) is 11.0. The van der Waals surface area contributed by atoms with E-state index in [-0.39, 0.29) is 5.75 Å². The quantitative estimate of drug-likeness (QED) is 0.683. The summed E-state index contributed by atoms with van der Waals surface area (Å²) in [6, 6.07) is 5.94. The molecule has 108 valence electrons. The van der Waals surface area contributed by atoms with Gasteiger partial charge in [-0.2, -0.15) is 11.8 Å². The van der Waals surface area contributed by atoms with Gasteiger partial charge in [-0.15, -0.1) is 0 Å². The molecule has 0 spiro atoms. The maximum atomic E-state index is 11.2. The second kappa shape index (κ2) is 7.54. The highest BCUT2D eigenvalue weighted by atomic mass is 32.2. The summed E-state index contributed by atoms with van der Waals surface area (Å²) < 4.78 is 0. The lowest BCUT2D eigenvalue weighted by Gasteiger charge is -2.13. The standard InChI is InChI=1S/C13H16N2O4S/c1-8(16)15-11(13(18)19)7-20-6-9-4-2-3-5-10(9)12(14)17/h2-5,11H,6-7H2,1H3,(H2,14,17)(H,15,16)(H,18,19). The molecule has 1 atom stereocenters. The zero-order valence-corrected chi connectivity index (χ0v) is 11.8. The average molecular weight is 296 g/mol. The van der Waals surface area contributed by atoms with Crippen LogP contribution < -0.4 is 11.1 Å². The Hall–Kier alpha value is -2.02. The van der Waals surface area contributed by atoms with Gasteiger partial charge in [-0.25, -0.2) is 4.79 Å². The highest BCUT2D eigenvalue weighted by molar-refractivity contribution is 7.98. The van der Waals surface area contributed by atoms with Gasteiger partial charge in [0.05, 0.1) is 0 Å².